The van der Waals surface area contributed by atoms with Gasteiger partial charge in [-0.2, -0.15) is 0 Å². The molecule has 0 atom stereocenters. The highest BCUT2D eigenvalue weighted by atomic mass is 16.5. The van der Waals surface area contributed by atoms with E-state index in [9.17, 15) is 9.59 Å². The largest absolute Gasteiger partial charge is 0.464 e. The second kappa shape index (κ2) is 3.53. The molecule has 2 rings (SSSR count). The van der Waals surface area contributed by atoms with Gasteiger partial charge < -0.3 is 4.74 Å². The van der Waals surface area contributed by atoms with Crippen molar-refractivity contribution in [3.63, 3.8) is 0 Å². The minimum absolute atomic E-state index is 0.0908. The molecular formula is C10H8N2O3. The van der Waals surface area contributed by atoms with Crippen molar-refractivity contribution in [2.75, 3.05) is 7.11 Å². The first-order valence-electron chi connectivity index (χ1n) is 4.28. The van der Waals surface area contributed by atoms with Gasteiger partial charge in [0.15, 0.2) is 12.0 Å². The van der Waals surface area contributed by atoms with Crippen LogP contribution in [0.1, 0.15) is 21.0 Å². The first-order chi connectivity index (χ1) is 7.27. The van der Waals surface area contributed by atoms with Gasteiger partial charge in [0.2, 0.25) is 0 Å². The summed E-state index contributed by atoms with van der Waals surface area (Å²) in [6.45, 7) is 0. The van der Waals surface area contributed by atoms with Gasteiger partial charge in [-0.25, -0.2) is 9.78 Å². The predicted octanol–water partition coefficient (Wildman–Crippen LogP) is 0.933. The number of hydrogen-bond donors (Lipinski definition) is 0. The van der Waals surface area contributed by atoms with Crippen LogP contribution in [0.5, 0.6) is 0 Å². The molecule has 0 aliphatic heterocycles. The van der Waals surface area contributed by atoms with Crippen LogP contribution in [0.3, 0.4) is 0 Å². The van der Waals surface area contributed by atoms with Crippen molar-refractivity contribution >= 4 is 17.9 Å². The maximum atomic E-state index is 11.4. The van der Waals surface area contributed by atoms with Crippen molar-refractivity contribution < 1.29 is 14.3 Å². The second-order valence-electron chi connectivity index (χ2n) is 2.88. The van der Waals surface area contributed by atoms with Crippen LogP contribution >= 0.6 is 0 Å². The Labute approximate surface area is 85.3 Å². The zero-order chi connectivity index (χ0) is 10.8. The van der Waals surface area contributed by atoms with Gasteiger partial charge in [0.1, 0.15) is 11.3 Å². The highest BCUT2D eigenvalue weighted by molar-refractivity contribution is 5.96. The lowest BCUT2D eigenvalue weighted by Crippen LogP contribution is -2.07. The molecule has 5 nitrogen and oxygen atoms in total. The number of pyridine rings is 1. The van der Waals surface area contributed by atoms with Crippen LogP contribution in [-0.4, -0.2) is 28.7 Å². The van der Waals surface area contributed by atoms with Gasteiger partial charge >= 0.3 is 5.97 Å². The van der Waals surface area contributed by atoms with E-state index in [0.29, 0.717) is 11.9 Å². The van der Waals surface area contributed by atoms with Gasteiger partial charge in [-0.15, -0.1) is 0 Å². The molecule has 2 heterocycles. The molecule has 0 bridgehead atoms. The minimum atomic E-state index is -0.573. The molecule has 0 fully saturated rings. The Morgan fingerprint density at radius 1 is 1.53 bits per heavy atom. The average Bonchev–Trinajstić information content (AvgIpc) is 2.66. The number of aromatic nitrogens is 2. The Bertz CT molecular complexity index is 530. The van der Waals surface area contributed by atoms with Gasteiger partial charge in [-0.3, -0.25) is 9.20 Å². The summed E-state index contributed by atoms with van der Waals surface area (Å²) in [5, 5.41) is 0. The number of hydrogen-bond acceptors (Lipinski definition) is 4. The number of nitrogens with zero attached hydrogens (tertiary/aromatic N) is 2. The van der Waals surface area contributed by atoms with E-state index in [4.69, 9.17) is 0 Å². The first kappa shape index (κ1) is 9.39. The molecule has 15 heavy (non-hydrogen) atoms. The second-order valence-corrected chi connectivity index (χ2v) is 2.88. The van der Waals surface area contributed by atoms with E-state index < -0.39 is 5.97 Å². The SMILES string of the molecule is COC(=O)c1c(C=O)nc2ccccn12. The third kappa shape index (κ3) is 1.38. The van der Waals surface area contributed by atoms with Crippen LogP contribution < -0.4 is 0 Å². The molecule has 0 amide bonds. The van der Waals surface area contributed by atoms with Crippen molar-refractivity contribution in [3.8, 4) is 0 Å². The van der Waals surface area contributed by atoms with Crippen molar-refractivity contribution in [2.45, 2.75) is 0 Å². The third-order valence-electron chi connectivity index (χ3n) is 2.05. The molecule has 0 N–H and O–H groups in total. The Hall–Kier alpha value is -2.17. The minimum Gasteiger partial charge on any atom is -0.464 e. The molecule has 0 saturated carbocycles. The lowest BCUT2D eigenvalue weighted by molar-refractivity contribution is 0.0590. The number of ether oxygens (including phenoxy) is 1. The molecule has 0 aliphatic carbocycles. The smallest absolute Gasteiger partial charge is 0.357 e. The van der Waals surface area contributed by atoms with Gasteiger partial charge in [0.25, 0.3) is 0 Å². The summed E-state index contributed by atoms with van der Waals surface area (Å²) in [6.07, 6.45) is 2.20. The number of esters is 1. The Morgan fingerprint density at radius 3 is 3.00 bits per heavy atom. The quantitative estimate of drug-likeness (QED) is 0.539. The number of carbonyl (C=O) groups is 2. The summed E-state index contributed by atoms with van der Waals surface area (Å²) in [6, 6.07) is 5.23. The van der Waals surface area contributed by atoms with E-state index in [1.807, 2.05) is 0 Å². The summed E-state index contributed by atoms with van der Waals surface area (Å²) in [5.41, 5.74) is 0.788. The summed E-state index contributed by atoms with van der Waals surface area (Å²) in [4.78, 5) is 26.2. The fraction of sp³-hybridized carbons (Fsp3) is 0.100. The zero-order valence-electron chi connectivity index (χ0n) is 8.01. The summed E-state index contributed by atoms with van der Waals surface area (Å²) < 4.78 is 6.11. The zero-order valence-corrected chi connectivity index (χ0v) is 8.01. The number of methoxy groups -OCH3 is 1. The maximum absolute atomic E-state index is 11.4. The van der Waals surface area contributed by atoms with Crippen molar-refractivity contribution in [1.29, 1.82) is 0 Å². The van der Waals surface area contributed by atoms with Crippen LogP contribution in [0, 0.1) is 0 Å². The van der Waals surface area contributed by atoms with E-state index in [1.54, 1.807) is 24.4 Å². The van der Waals surface area contributed by atoms with Crippen LogP contribution in [0.15, 0.2) is 24.4 Å². The number of carbonyl (C=O) groups excluding carboxylic acids is 2. The average molecular weight is 204 g/mol. The van der Waals surface area contributed by atoms with Crippen molar-refractivity contribution in [2.24, 2.45) is 0 Å². The molecule has 0 aromatic carbocycles. The Kier molecular flexibility index (Phi) is 2.21. The lowest BCUT2D eigenvalue weighted by atomic mass is 10.3. The highest BCUT2D eigenvalue weighted by Gasteiger charge is 2.18. The van der Waals surface area contributed by atoms with Crippen LogP contribution in [0.25, 0.3) is 5.65 Å². The third-order valence-corrected chi connectivity index (χ3v) is 2.05. The molecular weight excluding hydrogens is 196 g/mol. The summed E-state index contributed by atoms with van der Waals surface area (Å²) in [5.74, 6) is -0.573. The molecule has 0 unspecified atom stereocenters. The molecule has 2 aromatic heterocycles. The van der Waals surface area contributed by atoms with Gasteiger partial charge in [0, 0.05) is 6.20 Å². The van der Waals surface area contributed by atoms with Gasteiger partial charge in [-0.05, 0) is 12.1 Å². The van der Waals surface area contributed by atoms with Gasteiger partial charge in [-0.1, -0.05) is 6.07 Å². The summed E-state index contributed by atoms with van der Waals surface area (Å²) in [7, 11) is 1.26. The van der Waals surface area contributed by atoms with E-state index in [2.05, 4.69) is 9.72 Å². The predicted molar refractivity (Wildman–Crippen MR) is 51.9 cm³/mol. The Balaban J connectivity index is 2.78. The molecule has 0 saturated heterocycles. The van der Waals surface area contributed by atoms with Crippen LogP contribution in [-0.2, 0) is 4.74 Å². The fourth-order valence-corrected chi connectivity index (χ4v) is 1.40. The normalized spacial score (nSPS) is 10.2. The van der Waals surface area contributed by atoms with E-state index in [0.717, 1.165) is 0 Å². The summed E-state index contributed by atoms with van der Waals surface area (Å²) >= 11 is 0. The molecule has 5 heteroatoms. The maximum Gasteiger partial charge on any atom is 0.357 e. The van der Waals surface area contributed by atoms with Crippen molar-refractivity contribution in [3.05, 3.63) is 35.8 Å². The molecule has 0 aliphatic rings. The highest BCUT2D eigenvalue weighted by Crippen LogP contribution is 2.11. The Morgan fingerprint density at radius 2 is 2.33 bits per heavy atom. The number of fused-ring (bicyclic) bond motifs is 1. The molecule has 0 spiro atoms. The fourth-order valence-electron chi connectivity index (χ4n) is 1.40. The first-order valence-corrected chi connectivity index (χ1v) is 4.28. The molecule has 0 radical (unpaired) electrons. The monoisotopic (exact) mass is 204 g/mol. The standard InChI is InChI=1S/C10H8N2O3/c1-15-10(14)9-7(6-13)11-8-4-2-3-5-12(8)9/h2-6H,1H3. The van der Waals surface area contributed by atoms with Gasteiger partial charge in [0.05, 0.1) is 7.11 Å². The van der Waals surface area contributed by atoms with Crippen LogP contribution in [0.2, 0.25) is 0 Å². The number of imidazole rings is 1. The molecule has 2 aromatic rings. The van der Waals surface area contributed by atoms with E-state index in [1.165, 1.54) is 11.5 Å². The van der Waals surface area contributed by atoms with Crippen LogP contribution in [0.4, 0.5) is 0 Å². The number of rotatable bonds is 2. The lowest BCUT2D eigenvalue weighted by Gasteiger charge is -1.98. The number of aldehydes is 1. The topological polar surface area (TPSA) is 60.7 Å². The van der Waals surface area contributed by atoms with E-state index in [-0.39, 0.29) is 11.4 Å². The molecule has 76 valence electrons. The van der Waals surface area contributed by atoms with E-state index >= 15 is 0 Å². The van der Waals surface area contributed by atoms with Crippen molar-refractivity contribution in [1.82, 2.24) is 9.38 Å².